The van der Waals surface area contributed by atoms with E-state index in [1.807, 2.05) is 12.1 Å². The molecule has 0 saturated heterocycles. The Morgan fingerprint density at radius 1 is 0.783 bits per heavy atom. The highest BCUT2D eigenvalue weighted by molar-refractivity contribution is 5.76. The van der Waals surface area contributed by atoms with Gasteiger partial charge in [-0.2, -0.15) is 0 Å². The smallest absolute Gasteiger partial charge is 0.119 e. The minimum atomic E-state index is 0.116. The lowest BCUT2D eigenvalue weighted by Crippen LogP contribution is -2.05. The molecule has 0 spiro atoms. The van der Waals surface area contributed by atoms with Gasteiger partial charge in [0.05, 0.1) is 17.0 Å². The molecule has 0 bridgehead atoms. The molecule has 0 saturated carbocycles. The Balaban J connectivity index is 1.90. The number of hydrogen-bond acceptors (Lipinski definition) is 1. The minimum absolute atomic E-state index is 0.116. The molecule has 0 aliphatic rings. The second-order valence-electron chi connectivity index (χ2n) is 5.90. The fraction of sp³-hybridized carbons (Fsp3) is 0.0952. The molecular formula is C21H18N2. The van der Waals surface area contributed by atoms with E-state index in [4.69, 9.17) is 4.98 Å². The van der Waals surface area contributed by atoms with Crippen LogP contribution in [0, 0.1) is 6.92 Å². The average molecular weight is 298 g/mol. The zero-order valence-corrected chi connectivity index (χ0v) is 13.0. The van der Waals surface area contributed by atoms with Gasteiger partial charge in [-0.05, 0) is 35.7 Å². The van der Waals surface area contributed by atoms with Crippen molar-refractivity contribution in [2.75, 3.05) is 0 Å². The molecule has 1 heterocycles. The van der Waals surface area contributed by atoms with Gasteiger partial charge < -0.3 is 4.98 Å². The van der Waals surface area contributed by atoms with Crippen LogP contribution in [0.2, 0.25) is 0 Å². The van der Waals surface area contributed by atoms with Gasteiger partial charge in [0, 0.05) is 0 Å². The molecule has 2 nitrogen and oxygen atoms in total. The Labute approximate surface area is 135 Å². The number of aromatic amines is 1. The summed E-state index contributed by atoms with van der Waals surface area (Å²) in [7, 11) is 0. The fourth-order valence-electron chi connectivity index (χ4n) is 3.08. The number of nitrogens with one attached hydrogen (secondary N) is 1. The number of benzene rings is 3. The summed E-state index contributed by atoms with van der Waals surface area (Å²) in [5.74, 6) is 1.10. The first-order valence-corrected chi connectivity index (χ1v) is 7.87. The SMILES string of the molecule is Cc1ccc2nc(C(c3ccccc3)c3ccccc3)[nH]c2c1. The average Bonchev–Trinajstić information content (AvgIpc) is 2.99. The summed E-state index contributed by atoms with van der Waals surface area (Å²) in [6, 6.07) is 27.4. The largest absolute Gasteiger partial charge is 0.341 e. The van der Waals surface area contributed by atoms with Gasteiger partial charge in [-0.1, -0.05) is 66.7 Å². The van der Waals surface area contributed by atoms with Crippen molar-refractivity contribution >= 4 is 11.0 Å². The third-order valence-electron chi connectivity index (χ3n) is 4.19. The number of aryl methyl sites for hydroxylation is 1. The summed E-state index contributed by atoms with van der Waals surface area (Å²) >= 11 is 0. The van der Waals surface area contributed by atoms with Crippen molar-refractivity contribution < 1.29 is 0 Å². The van der Waals surface area contributed by atoms with Gasteiger partial charge in [0.2, 0.25) is 0 Å². The van der Waals surface area contributed by atoms with Gasteiger partial charge in [0.25, 0.3) is 0 Å². The van der Waals surface area contributed by atoms with Gasteiger partial charge >= 0.3 is 0 Å². The third kappa shape index (κ3) is 2.64. The van der Waals surface area contributed by atoms with Crippen molar-refractivity contribution in [3.05, 3.63) is 101 Å². The minimum Gasteiger partial charge on any atom is -0.341 e. The highest BCUT2D eigenvalue weighted by atomic mass is 14.9. The van der Waals surface area contributed by atoms with Crippen molar-refractivity contribution in [2.24, 2.45) is 0 Å². The maximum Gasteiger partial charge on any atom is 0.119 e. The summed E-state index contributed by atoms with van der Waals surface area (Å²) in [6.07, 6.45) is 0. The topological polar surface area (TPSA) is 28.7 Å². The van der Waals surface area contributed by atoms with Crippen LogP contribution in [0.3, 0.4) is 0 Å². The number of aromatic nitrogens is 2. The van der Waals surface area contributed by atoms with Crippen LogP contribution >= 0.6 is 0 Å². The first-order valence-electron chi connectivity index (χ1n) is 7.87. The summed E-state index contributed by atoms with van der Waals surface area (Å²) in [4.78, 5) is 8.37. The molecule has 0 fully saturated rings. The van der Waals surface area contributed by atoms with Gasteiger partial charge in [-0.15, -0.1) is 0 Å². The van der Waals surface area contributed by atoms with E-state index in [2.05, 4.69) is 78.6 Å². The lowest BCUT2D eigenvalue weighted by Gasteiger charge is -2.15. The summed E-state index contributed by atoms with van der Waals surface area (Å²) in [6.45, 7) is 2.10. The number of imidazole rings is 1. The highest BCUT2D eigenvalue weighted by Gasteiger charge is 2.20. The quantitative estimate of drug-likeness (QED) is 0.563. The summed E-state index contributed by atoms with van der Waals surface area (Å²) in [5.41, 5.74) is 5.84. The van der Waals surface area contributed by atoms with E-state index in [1.165, 1.54) is 16.7 Å². The number of hydrogen-bond donors (Lipinski definition) is 1. The predicted octanol–water partition coefficient (Wildman–Crippen LogP) is 5.05. The van der Waals surface area contributed by atoms with Gasteiger partial charge in [0.1, 0.15) is 5.82 Å². The van der Waals surface area contributed by atoms with E-state index < -0.39 is 0 Å². The van der Waals surface area contributed by atoms with Crippen LogP contribution in [-0.4, -0.2) is 9.97 Å². The maximum atomic E-state index is 4.85. The number of rotatable bonds is 3. The van der Waals surface area contributed by atoms with Crippen LogP contribution < -0.4 is 0 Å². The molecule has 23 heavy (non-hydrogen) atoms. The Morgan fingerprint density at radius 2 is 1.39 bits per heavy atom. The molecule has 0 radical (unpaired) electrons. The first kappa shape index (κ1) is 13.8. The van der Waals surface area contributed by atoms with E-state index in [1.54, 1.807) is 0 Å². The molecule has 3 aromatic carbocycles. The lowest BCUT2D eigenvalue weighted by molar-refractivity contribution is 0.891. The zero-order chi connectivity index (χ0) is 15.6. The number of H-pyrrole nitrogens is 1. The van der Waals surface area contributed by atoms with E-state index in [0.717, 1.165) is 16.9 Å². The monoisotopic (exact) mass is 298 g/mol. The van der Waals surface area contributed by atoms with E-state index in [-0.39, 0.29) is 5.92 Å². The molecule has 0 aliphatic heterocycles. The Hall–Kier alpha value is -2.87. The molecule has 1 aromatic heterocycles. The molecule has 0 aliphatic carbocycles. The normalized spacial score (nSPS) is 11.2. The van der Waals surface area contributed by atoms with Crippen LogP contribution in [0.25, 0.3) is 11.0 Å². The van der Waals surface area contributed by atoms with E-state index >= 15 is 0 Å². The molecule has 112 valence electrons. The molecule has 1 N–H and O–H groups in total. The Morgan fingerprint density at radius 3 is 2.00 bits per heavy atom. The zero-order valence-electron chi connectivity index (χ0n) is 13.0. The van der Waals surface area contributed by atoms with Crippen LogP contribution in [0.15, 0.2) is 78.9 Å². The van der Waals surface area contributed by atoms with E-state index in [0.29, 0.717) is 0 Å². The fourth-order valence-corrected chi connectivity index (χ4v) is 3.08. The highest BCUT2D eigenvalue weighted by Crippen LogP contribution is 2.31. The Kier molecular flexibility index (Phi) is 3.43. The second kappa shape index (κ2) is 5.73. The van der Waals surface area contributed by atoms with Crippen LogP contribution in [0.5, 0.6) is 0 Å². The summed E-state index contributed by atoms with van der Waals surface area (Å²) in [5, 5.41) is 0. The molecular weight excluding hydrogens is 280 g/mol. The van der Waals surface area contributed by atoms with Crippen molar-refractivity contribution in [1.29, 1.82) is 0 Å². The molecule has 2 heteroatoms. The molecule has 0 atom stereocenters. The van der Waals surface area contributed by atoms with Crippen molar-refractivity contribution in [1.82, 2.24) is 9.97 Å². The molecule has 0 amide bonds. The first-order chi connectivity index (χ1) is 11.3. The number of fused-ring (bicyclic) bond motifs is 1. The van der Waals surface area contributed by atoms with Crippen LogP contribution in [-0.2, 0) is 0 Å². The molecule has 4 rings (SSSR count). The lowest BCUT2D eigenvalue weighted by atomic mass is 9.91. The Bertz CT molecular complexity index is 884. The summed E-state index contributed by atoms with van der Waals surface area (Å²) < 4.78 is 0. The van der Waals surface area contributed by atoms with E-state index in [9.17, 15) is 0 Å². The van der Waals surface area contributed by atoms with Gasteiger partial charge in [0.15, 0.2) is 0 Å². The molecule has 0 unspecified atom stereocenters. The van der Waals surface area contributed by atoms with Crippen molar-refractivity contribution in [3.8, 4) is 0 Å². The second-order valence-corrected chi connectivity index (χ2v) is 5.90. The van der Waals surface area contributed by atoms with Gasteiger partial charge in [-0.3, -0.25) is 0 Å². The number of nitrogens with zero attached hydrogens (tertiary/aromatic N) is 1. The third-order valence-corrected chi connectivity index (χ3v) is 4.19. The van der Waals surface area contributed by atoms with Crippen molar-refractivity contribution in [3.63, 3.8) is 0 Å². The van der Waals surface area contributed by atoms with Crippen LogP contribution in [0.1, 0.15) is 28.4 Å². The predicted molar refractivity (Wildman–Crippen MR) is 94.7 cm³/mol. The van der Waals surface area contributed by atoms with Crippen LogP contribution in [0.4, 0.5) is 0 Å². The maximum absolute atomic E-state index is 4.85. The van der Waals surface area contributed by atoms with Gasteiger partial charge in [-0.25, -0.2) is 4.98 Å². The molecule has 4 aromatic rings. The van der Waals surface area contributed by atoms with Crippen molar-refractivity contribution in [2.45, 2.75) is 12.8 Å². The standard InChI is InChI=1S/C21H18N2/c1-15-12-13-18-19(14-15)23-21(22-18)20(16-8-4-2-5-9-16)17-10-6-3-7-11-17/h2-14,20H,1H3,(H,22,23).